The summed E-state index contributed by atoms with van der Waals surface area (Å²) in [4.78, 5) is 70.3. The van der Waals surface area contributed by atoms with E-state index in [2.05, 4.69) is 0 Å². The Morgan fingerprint density at radius 2 is 1.64 bits per heavy atom. The van der Waals surface area contributed by atoms with Gasteiger partial charge in [0.25, 0.3) is 5.69 Å². The summed E-state index contributed by atoms with van der Waals surface area (Å²) in [6.45, 7) is 1.21. The zero-order chi connectivity index (χ0) is 29.7. The second-order valence-electron chi connectivity index (χ2n) is 10.9. The maximum absolute atomic E-state index is 14.0. The van der Waals surface area contributed by atoms with Gasteiger partial charge in [-0.25, -0.2) is 4.90 Å². The number of thioether (sulfide) groups is 1. The summed E-state index contributed by atoms with van der Waals surface area (Å²) in [6, 6.07) is 13.0. The summed E-state index contributed by atoms with van der Waals surface area (Å²) < 4.78 is 1.46. The first-order valence-corrected chi connectivity index (χ1v) is 15.4. The van der Waals surface area contributed by atoms with Crippen LogP contribution >= 0.6 is 23.1 Å². The first-order valence-electron chi connectivity index (χ1n) is 13.7. The predicted octanol–water partition coefficient (Wildman–Crippen LogP) is 3.69. The number of fused-ring (bicyclic) bond motifs is 2. The van der Waals surface area contributed by atoms with E-state index in [9.17, 15) is 29.3 Å². The van der Waals surface area contributed by atoms with Gasteiger partial charge in [0.2, 0.25) is 17.7 Å². The highest BCUT2D eigenvalue weighted by Gasteiger charge is 2.57. The van der Waals surface area contributed by atoms with E-state index in [-0.39, 0.29) is 28.7 Å². The number of nitro benzene ring substituents is 1. The zero-order valence-corrected chi connectivity index (χ0v) is 24.7. The molecule has 0 saturated carbocycles. The lowest BCUT2D eigenvalue weighted by molar-refractivity contribution is -0.384. The molecule has 42 heavy (non-hydrogen) atoms. The van der Waals surface area contributed by atoms with Crippen molar-refractivity contribution in [2.75, 3.05) is 37.0 Å². The van der Waals surface area contributed by atoms with Crippen LogP contribution in [0.3, 0.4) is 0 Å². The number of rotatable bonds is 6. The third-order valence-electron chi connectivity index (χ3n) is 8.14. The summed E-state index contributed by atoms with van der Waals surface area (Å²) in [5.41, 5.74) is 1.86. The largest absolute Gasteiger partial charge is 0.378 e. The monoisotopic (exact) mass is 607 g/mol. The van der Waals surface area contributed by atoms with E-state index in [1.165, 1.54) is 28.8 Å². The molecule has 0 aliphatic carbocycles. The van der Waals surface area contributed by atoms with Crippen molar-refractivity contribution in [2.45, 2.75) is 42.0 Å². The molecule has 0 spiro atoms. The van der Waals surface area contributed by atoms with E-state index >= 15 is 0 Å². The number of carbonyl (C=O) groups excluding carboxylic acids is 3. The Labute approximate surface area is 249 Å². The van der Waals surface area contributed by atoms with Gasteiger partial charge in [-0.05, 0) is 49.1 Å². The molecule has 3 aromatic rings. The van der Waals surface area contributed by atoms with E-state index in [1.54, 1.807) is 4.90 Å². The minimum atomic E-state index is -0.830. The van der Waals surface area contributed by atoms with Crippen LogP contribution in [0.25, 0.3) is 0 Å². The predicted molar refractivity (Wildman–Crippen MR) is 160 cm³/mol. The van der Waals surface area contributed by atoms with Crippen LogP contribution in [0, 0.1) is 16.0 Å². The molecule has 3 aliphatic heterocycles. The molecule has 6 rings (SSSR count). The van der Waals surface area contributed by atoms with Crippen LogP contribution in [0.1, 0.15) is 35.6 Å². The molecule has 2 unspecified atom stereocenters. The molecule has 2 saturated heterocycles. The number of anilines is 2. The molecule has 0 N–H and O–H groups in total. The van der Waals surface area contributed by atoms with Crippen LogP contribution in [-0.4, -0.2) is 64.5 Å². The number of nitro groups is 1. The molecular weight excluding hydrogens is 578 g/mol. The lowest BCUT2D eigenvalue weighted by Crippen LogP contribution is -2.39. The first kappa shape index (κ1) is 28.2. The number of hydrogen-bond donors (Lipinski definition) is 0. The molecule has 2 fully saturated rings. The number of nitrogens with zero attached hydrogens (tertiary/aromatic N) is 5. The van der Waals surface area contributed by atoms with Gasteiger partial charge in [-0.2, -0.15) is 0 Å². The number of non-ortho nitro benzene ring substituents is 1. The normalized spacial score (nSPS) is 21.7. The summed E-state index contributed by atoms with van der Waals surface area (Å²) in [6.07, 6.45) is 2.94. The number of thiazole rings is 1. The molecule has 4 heterocycles. The fourth-order valence-corrected chi connectivity index (χ4v) is 8.72. The molecule has 0 bridgehead atoms. The molecule has 3 atom stereocenters. The van der Waals surface area contributed by atoms with Crippen LogP contribution < -0.4 is 14.7 Å². The number of hydrogen-bond acceptors (Lipinski definition) is 9. The molecule has 11 nitrogen and oxygen atoms in total. The highest BCUT2D eigenvalue weighted by atomic mass is 32.2. The molecule has 3 amide bonds. The van der Waals surface area contributed by atoms with Gasteiger partial charge in [-0.15, -0.1) is 0 Å². The van der Waals surface area contributed by atoms with Gasteiger partial charge in [0.15, 0.2) is 0 Å². The van der Waals surface area contributed by atoms with Gasteiger partial charge in [0.1, 0.15) is 11.8 Å². The van der Waals surface area contributed by atoms with E-state index in [4.69, 9.17) is 0 Å². The summed E-state index contributed by atoms with van der Waals surface area (Å²) in [7, 11) is 3.85. The molecule has 2 aromatic carbocycles. The smallest absolute Gasteiger partial charge is 0.308 e. The standard InChI is InChI=1S/C29H29N5O6S2/c1-30(2)18-8-6-17(7-9-18)22-23-24(27(37)33(26(23)36)19-10-12-20(13-11-19)34(39)40)41-28-25(22)42-29(38)32(28)16-21(35)31-14-4-3-5-15-31/h6-13,22-24H,3-5,14-16H2,1-2H3/t22-,23?,24?/m1/s1. The Kier molecular flexibility index (Phi) is 7.39. The van der Waals surface area contributed by atoms with Crippen molar-refractivity contribution < 1.29 is 19.3 Å². The van der Waals surface area contributed by atoms with Gasteiger partial charge in [0, 0.05) is 55.8 Å². The Bertz CT molecular complexity index is 1630. The second-order valence-corrected chi connectivity index (χ2v) is 13.0. The summed E-state index contributed by atoms with van der Waals surface area (Å²) in [5, 5.41) is 10.9. The quantitative estimate of drug-likeness (QED) is 0.236. The second kappa shape index (κ2) is 11.0. The lowest BCUT2D eigenvalue weighted by atomic mass is 9.83. The van der Waals surface area contributed by atoms with Crippen molar-refractivity contribution in [3.8, 4) is 0 Å². The minimum Gasteiger partial charge on any atom is -0.378 e. The maximum atomic E-state index is 14.0. The number of amides is 3. The van der Waals surface area contributed by atoms with Gasteiger partial charge in [-0.3, -0.25) is 33.9 Å². The molecule has 218 valence electrons. The van der Waals surface area contributed by atoms with Crippen LogP contribution in [0.5, 0.6) is 0 Å². The topological polar surface area (TPSA) is 126 Å². The van der Waals surface area contributed by atoms with Crippen molar-refractivity contribution >= 4 is 57.9 Å². The van der Waals surface area contributed by atoms with Crippen molar-refractivity contribution in [1.29, 1.82) is 0 Å². The van der Waals surface area contributed by atoms with Crippen LogP contribution in [0.2, 0.25) is 0 Å². The number of piperidine rings is 1. The van der Waals surface area contributed by atoms with E-state index in [0.29, 0.717) is 23.0 Å². The van der Waals surface area contributed by atoms with Crippen molar-refractivity contribution in [3.05, 3.63) is 78.8 Å². The van der Waals surface area contributed by atoms with E-state index in [0.717, 1.165) is 58.5 Å². The average Bonchev–Trinajstić information content (AvgIpc) is 3.43. The van der Waals surface area contributed by atoms with Crippen LogP contribution in [0.4, 0.5) is 17.1 Å². The van der Waals surface area contributed by atoms with Gasteiger partial charge in [-0.1, -0.05) is 35.2 Å². The maximum Gasteiger partial charge on any atom is 0.308 e. The van der Waals surface area contributed by atoms with E-state index < -0.39 is 33.8 Å². The van der Waals surface area contributed by atoms with Crippen molar-refractivity contribution in [2.24, 2.45) is 5.92 Å². The highest BCUT2D eigenvalue weighted by molar-refractivity contribution is 8.00. The van der Waals surface area contributed by atoms with Gasteiger partial charge < -0.3 is 9.80 Å². The Morgan fingerprint density at radius 3 is 2.26 bits per heavy atom. The molecule has 0 radical (unpaired) electrons. The fraction of sp³-hybridized carbons (Fsp3) is 0.379. The minimum absolute atomic E-state index is 0.116. The van der Waals surface area contributed by atoms with Crippen molar-refractivity contribution in [1.82, 2.24) is 9.47 Å². The van der Waals surface area contributed by atoms with Crippen LogP contribution in [-0.2, 0) is 20.9 Å². The van der Waals surface area contributed by atoms with Crippen molar-refractivity contribution in [3.63, 3.8) is 0 Å². The molecule has 13 heteroatoms. The number of likely N-dealkylation sites (tertiary alicyclic amines) is 1. The third kappa shape index (κ3) is 4.79. The number of aromatic nitrogens is 1. The number of carbonyl (C=O) groups is 3. The SMILES string of the molecule is CN(C)c1ccc([C@H]2c3sc(=O)n(CC(=O)N4CCCCC4)c3SC3C(=O)N(c4ccc([N+](=O)[O-])cc4)C(=O)C32)cc1. The molecule has 3 aliphatic rings. The average molecular weight is 608 g/mol. The number of imide groups is 1. The van der Waals surface area contributed by atoms with E-state index in [1.807, 2.05) is 43.3 Å². The Balaban J connectivity index is 1.42. The molecule has 1 aromatic heterocycles. The van der Waals surface area contributed by atoms with Crippen LogP contribution in [0.15, 0.2) is 58.4 Å². The Morgan fingerprint density at radius 1 is 0.976 bits per heavy atom. The zero-order valence-electron chi connectivity index (χ0n) is 23.1. The lowest BCUT2D eigenvalue weighted by Gasteiger charge is -2.31. The first-order chi connectivity index (χ1) is 20.2. The highest BCUT2D eigenvalue weighted by Crippen LogP contribution is 2.54. The summed E-state index contributed by atoms with van der Waals surface area (Å²) >= 11 is 2.18. The molecular formula is C29H29N5O6S2. The fourth-order valence-electron chi connectivity index (χ4n) is 5.95. The van der Waals surface area contributed by atoms with Gasteiger partial charge in [0.05, 0.1) is 21.6 Å². The third-order valence-corrected chi connectivity index (χ3v) is 10.7. The number of benzene rings is 2. The Hall–Kier alpha value is -3.97. The van der Waals surface area contributed by atoms with Gasteiger partial charge >= 0.3 is 4.87 Å². The summed E-state index contributed by atoms with van der Waals surface area (Å²) in [5.74, 6) is -2.37.